The van der Waals surface area contributed by atoms with E-state index in [1.807, 2.05) is 18.2 Å². The van der Waals surface area contributed by atoms with Crippen molar-refractivity contribution in [3.05, 3.63) is 59.7 Å². The Bertz CT molecular complexity index is 552. The molecule has 2 aromatic carbocycles. The molecule has 0 saturated carbocycles. The van der Waals surface area contributed by atoms with Gasteiger partial charge in [0.05, 0.1) is 5.69 Å². The van der Waals surface area contributed by atoms with Crippen molar-refractivity contribution in [2.45, 2.75) is 33.0 Å². The Labute approximate surface area is 120 Å². The van der Waals surface area contributed by atoms with Crippen molar-refractivity contribution < 1.29 is 5.11 Å². The van der Waals surface area contributed by atoms with Crippen LogP contribution < -0.4 is 5.73 Å². The lowest BCUT2D eigenvalue weighted by Crippen LogP contribution is -2.29. The predicted octanol–water partition coefficient (Wildman–Crippen LogP) is 3.39. The maximum atomic E-state index is 9.48. The summed E-state index contributed by atoms with van der Waals surface area (Å²) in [6.45, 7) is 6.09. The number of nitrogens with two attached hydrogens (primary N) is 1. The first kappa shape index (κ1) is 14.4. The highest BCUT2D eigenvalue weighted by atomic mass is 16.3. The van der Waals surface area contributed by atoms with E-state index in [1.165, 1.54) is 5.56 Å². The highest BCUT2D eigenvalue weighted by Gasteiger charge is 2.11. The molecule has 0 bridgehead atoms. The third kappa shape index (κ3) is 3.75. The summed E-state index contributed by atoms with van der Waals surface area (Å²) >= 11 is 0. The number of aromatic hydroxyl groups is 1. The average molecular weight is 270 g/mol. The summed E-state index contributed by atoms with van der Waals surface area (Å²) in [5, 5.41) is 9.48. The van der Waals surface area contributed by atoms with E-state index in [9.17, 15) is 5.11 Å². The Morgan fingerprint density at radius 2 is 1.65 bits per heavy atom. The number of phenols is 1. The first-order valence-electron chi connectivity index (χ1n) is 6.91. The molecular weight excluding hydrogens is 248 g/mol. The van der Waals surface area contributed by atoms with Gasteiger partial charge in [-0.3, -0.25) is 4.90 Å². The number of anilines is 1. The molecule has 3 heteroatoms. The van der Waals surface area contributed by atoms with Gasteiger partial charge in [-0.15, -0.1) is 0 Å². The van der Waals surface area contributed by atoms with Gasteiger partial charge in [0.1, 0.15) is 5.75 Å². The first-order chi connectivity index (χ1) is 9.56. The number of nitrogens with zero attached hydrogens (tertiary/aromatic N) is 1. The summed E-state index contributed by atoms with van der Waals surface area (Å²) < 4.78 is 0. The fourth-order valence-electron chi connectivity index (χ4n) is 2.18. The average Bonchev–Trinajstić information content (AvgIpc) is 2.43. The number of nitrogen functional groups attached to an aromatic ring is 1. The molecule has 0 aliphatic heterocycles. The fraction of sp³-hybridized carbons (Fsp3) is 0.294. The standard InChI is InChI=1S/C17H22N2O/c1-13(2)19(11-14-6-4-3-5-7-14)12-15-8-9-17(20)16(18)10-15/h3-10,13,20H,11-12,18H2,1-2H3. The summed E-state index contributed by atoms with van der Waals surface area (Å²) in [5.41, 5.74) is 8.61. The smallest absolute Gasteiger partial charge is 0.138 e. The number of rotatable bonds is 5. The van der Waals surface area contributed by atoms with Crippen molar-refractivity contribution >= 4 is 5.69 Å². The molecule has 0 radical (unpaired) electrons. The van der Waals surface area contributed by atoms with E-state index in [-0.39, 0.29) is 5.75 Å². The van der Waals surface area contributed by atoms with Gasteiger partial charge < -0.3 is 10.8 Å². The normalized spacial score (nSPS) is 11.2. The monoisotopic (exact) mass is 270 g/mol. The molecule has 0 amide bonds. The quantitative estimate of drug-likeness (QED) is 0.647. The van der Waals surface area contributed by atoms with Gasteiger partial charge in [0.15, 0.2) is 0 Å². The highest BCUT2D eigenvalue weighted by molar-refractivity contribution is 5.53. The lowest BCUT2D eigenvalue weighted by molar-refractivity contribution is 0.203. The molecule has 2 rings (SSSR count). The lowest BCUT2D eigenvalue weighted by Gasteiger charge is -2.26. The predicted molar refractivity (Wildman–Crippen MR) is 83.3 cm³/mol. The van der Waals surface area contributed by atoms with E-state index < -0.39 is 0 Å². The summed E-state index contributed by atoms with van der Waals surface area (Å²) in [4.78, 5) is 2.38. The van der Waals surface area contributed by atoms with Gasteiger partial charge in [0, 0.05) is 19.1 Å². The Kier molecular flexibility index (Phi) is 4.64. The van der Waals surface area contributed by atoms with E-state index in [0.29, 0.717) is 11.7 Å². The second-order valence-corrected chi connectivity index (χ2v) is 5.38. The summed E-state index contributed by atoms with van der Waals surface area (Å²) in [7, 11) is 0. The van der Waals surface area contributed by atoms with Gasteiger partial charge in [-0.05, 0) is 37.1 Å². The molecule has 0 saturated heterocycles. The molecule has 20 heavy (non-hydrogen) atoms. The Hall–Kier alpha value is -2.00. The molecule has 0 spiro atoms. The van der Waals surface area contributed by atoms with Crippen LogP contribution in [0.5, 0.6) is 5.75 Å². The van der Waals surface area contributed by atoms with Crippen LogP contribution in [0.3, 0.4) is 0 Å². The highest BCUT2D eigenvalue weighted by Crippen LogP contribution is 2.22. The maximum absolute atomic E-state index is 9.48. The molecule has 2 aromatic rings. The van der Waals surface area contributed by atoms with Crippen molar-refractivity contribution in [2.24, 2.45) is 0 Å². The van der Waals surface area contributed by atoms with Crippen molar-refractivity contribution in [1.29, 1.82) is 0 Å². The molecule has 0 aliphatic carbocycles. The van der Waals surface area contributed by atoms with Gasteiger partial charge in [-0.1, -0.05) is 36.4 Å². The third-order valence-electron chi connectivity index (χ3n) is 3.44. The second kappa shape index (κ2) is 6.44. The zero-order chi connectivity index (χ0) is 14.5. The third-order valence-corrected chi connectivity index (χ3v) is 3.44. The first-order valence-corrected chi connectivity index (χ1v) is 6.91. The van der Waals surface area contributed by atoms with Crippen molar-refractivity contribution in [2.75, 3.05) is 5.73 Å². The van der Waals surface area contributed by atoms with Gasteiger partial charge in [-0.2, -0.15) is 0 Å². The summed E-state index contributed by atoms with van der Waals surface area (Å²) in [5.74, 6) is 0.146. The van der Waals surface area contributed by atoms with Crippen LogP contribution in [0.15, 0.2) is 48.5 Å². The lowest BCUT2D eigenvalue weighted by atomic mass is 10.1. The van der Waals surface area contributed by atoms with Gasteiger partial charge in [0.25, 0.3) is 0 Å². The van der Waals surface area contributed by atoms with E-state index in [1.54, 1.807) is 6.07 Å². The minimum absolute atomic E-state index is 0.146. The Balaban J connectivity index is 2.11. The molecule has 106 valence electrons. The molecule has 3 N–H and O–H groups in total. The van der Waals surface area contributed by atoms with Crippen molar-refractivity contribution in [3.63, 3.8) is 0 Å². The Morgan fingerprint density at radius 3 is 2.25 bits per heavy atom. The van der Waals surface area contributed by atoms with E-state index in [2.05, 4.69) is 43.0 Å². The fourth-order valence-corrected chi connectivity index (χ4v) is 2.18. The largest absolute Gasteiger partial charge is 0.506 e. The van der Waals surface area contributed by atoms with E-state index in [4.69, 9.17) is 5.73 Å². The van der Waals surface area contributed by atoms with Crippen LogP contribution in [-0.2, 0) is 13.1 Å². The van der Waals surface area contributed by atoms with E-state index in [0.717, 1.165) is 18.7 Å². The van der Waals surface area contributed by atoms with Crippen LogP contribution in [0.25, 0.3) is 0 Å². The van der Waals surface area contributed by atoms with Gasteiger partial charge >= 0.3 is 0 Å². The van der Waals surface area contributed by atoms with Crippen LogP contribution in [0.2, 0.25) is 0 Å². The molecule has 0 aromatic heterocycles. The van der Waals surface area contributed by atoms with Crippen LogP contribution in [0.4, 0.5) is 5.69 Å². The van der Waals surface area contributed by atoms with Crippen molar-refractivity contribution in [1.82, 2.24) is 4.90 Å². The van der Waals surface area contributed by atoms with Gasteiger partial charge in [-0.25, -0.2) is 0 Å². The van der Waals surface area contributed by atoms with Crippen LogP contribution in [0.1, 0.15) is 25.0 Å². The maximum Gasteiger partial charge on any atom is 0.138 e. The Morgan fingerprint density at radius 1 is 1.00 bits per heavy atom. The molecule has 0 heterocycles. The number of benzene rings is 2. The minimum Gasteiger partial charge on any atom is -0.506 e. The number of hydrogen-bond donors (Lipinski definition) is 2. The molecule has 0 aliphatic rings. The molecule has 0 fully saturated rings. The molecule has 0 unspecified atom stereocenters. The zero-order valence-corrected chi connectivity index (χ0v) is 12.1. The van der Waals surface area contributed by atoms with E-state index >= 15 is 0 Å². The molecule has 3 nitrogen and oxygen atoms in total. The van der Waals surface area contributed by atoms with Crippen LogP contribution >= 0.6 is 0 Å². The van der Waals surface area contributed by atoms with Crippen molar-refractivity contribution in [3.8, 4) is 5.75 Å². The number of phenolic OH excluding ortho intramolecular Hbond substituents is 1. The zero-order valence-electron chi connectivity index (χ0n) is 12.1. The second-order valence-electron chi connectivity index (χ2n) is 5.38. The summed E-state index contributed by atoms with van der Waals surface area (Å²) in [6.07, 6.45) is 0. The van der Waals surface area contributed by atoms with Crippen LogP contribution in [0, 0.1) is 0 Å². The number of hydrogen-bond acceptors (Lipinski definition) is 3. The molecule has 0 atom stereocenters. The summed E-state index contributed by atoms with van der Waals surface area (Å²) in [6, 6.07) is 16.3. The van der Waals surface area contributed by atoms with Crippen LogP contribution in [-0.4, -0.2) is 16.0 Å². The topological polar surface area (TPSA) is 49.5 Å². The van der Waals surface area contributed by atoms with Gasteiger partial charge in [0.2, 0.25) is 0 Å². The molecular formula is C17H22N2O. The minimum atomic E-state index is 0.146. The SMILES string of the molecule is CC(C)N(Cc1ccccc1)Cc1ccc(O)c(N)c1.